The van der Waals surface area contributed by atoms with E-state index in [2.05, 4.69) is 0 Å². The molecule has 0 radical (unpaired) electrons. The van der Waals surface area contributed by atoms with Gasteiger partial charge in [0, 0.05) is 5.56 Å². The van der Waals surface area contributed by atoms with Crippen molar-refractivity contribution < 1.29 is 18.3 Å². The first-order chi connectivity index (χ1) is 9.65. The fourth-order valence-corrected chi connectivity index (χ4v) is 1.92. The third-order valence-corrected chi connectivity index (χ3v) is 3.13. The summed E-state index contributed by atoms with van der Waals surface area (Å²) in [5, 5.41) is 0. The Morgan fingerprint density at radius 3 is 2.15 bits per heavy atom. The summed E-state index contributed by atoms with van der Waals surface area (Å²) in [6.07, 6.45) is 2.35. The van der Waals surface area contributed by atoms with Crippen LogP contribution in [0.4, 0.5) is 8.78 Å². The summed E-state index contributed by atoms with van der Waals surface area (Å²) in [6.45, 7) is 0. The molecular formula is C16H12F2O2. The van der Waals surface area contributed by atoms with Gasteiger partial charge in [0.25, 0.3) is 0 Å². The molecule has 2 nitrogen and oxygen atoms in total. The van der Waals surface area contributed by atoms with Gasteiger partial charge in [0.15, 0.2) is 5.78 Å². The molecule has 2 aromatic rings. The molecule has 0 atom stereocenters. The molecule has 1 aliphatic carbocycles. The predicted molar refractivity (Wildman–Crippen MR) is 69.9 cm³/mol. The Morgan fingerprint density at radius 2 is 1.60 bits per heavy atom. The minimum absolute atomic E-state index is 0.233. The molecule has 1 saturated carbocycles. The zero-order valence-electron chi connectivity index (χ0n) is 10.6. The van der Waals surface area contributed by atoms with Crippen molar-refractivity contribution in [1.29, 1.82) is 0 Å². The molecule has 0 unspecified atom stereocenters. The fraction of sp³-hybridized carbons (Fsp3) is 0.188. The van der Waals surface area contributed by atoms with Crippen LogP contribution in [0.3, 0.4) is 0 Å². The molecule has 0 aromatic heterocycles. The first-order valence-corrected chi connectivity index (χ1v) is 6.40. The highest BCUT2D eigenvalue weighted by molar-refractivity contribution is 6.09. The lowest BCUT2D eigenvalue weighted by molar-refractivity contribution is 0.103. The average Bonchev–Trinajstić information content (AvgIpc) is 3.23. The van der Waals surface area contributed by atoms with Crippen molar-refractivity contribution in [3.05, 3.63) is 65.2 Å². The number of ether oxygens (including phenoxy) is 1. The van der Waals surface area contributed by atoms with Gasteiger partial charge < -0.3 is 4.74 Å². The lowest BCUT2D eigenvalue weighted by atomic mass is 10.0. The highest BCUT2D eigenvalue weighted by Crippen LogP contribution is 2.27. The first-order valence-electron chi connectivity index (χ1n) is 6.40. The number of hydrogen-bond acceptors (Lipinski definition) is 2. The van der Waals surface area contributed by atoms with Crippen molar-refractivity contribution in [1.82, 2.24) is 0 Å². The summed E-state index contributed by atoms with van der Waals surface area (Å²) in [5.41, 5.74) is -0.291. The van der Waals surface area contributed by atoms with Crippen LogP contribution in [-0.2, 0) is 0 Å². The number of carbonyl (C=O) groups is 1. The molecule has 0 amide bonds. The Bertz CT molecular complexity index is 626. The number of benzene rings is 2. The van der Waals surface area contributed by atoms with Crippen molar-refractivity contribution in [2.45, 2.75) is 18.9 Å². The van der Waals surface area contributed by atoms with Gasteiger partial charge in [-0.2, -0.15) is 0 Å². The predicted octanol–water partition coefficient (Wildman–Crippen LogP) is 3.74. The smallest absolute Gasteiger partial charge is 0.198 e. The Balaban J connectivity index is 1.86. The van der Waals surface area contributed by atoms with Crippen LogP contribution in [-0.4, -0.2) is 11.9 Å². The van der Waals surface area contributed by atoms with Gasteiger partial charge in [0.2, 0.25) is 0 Å². The van der Waals surface area contributed by atoms with E-state index in [1.165, 1.54) is 18.2 Å². The molecule has 0 spiro atoms. The van der Waals surface area contributed by atoms with Crippen LogP contribution in [0.2, 0.25) is 0 Å². The Hall–Kier alpha value is -2.23. The van der Waals surface area contributed by atoms with E-state index in [0.717, 1.165) is 25.0 Å². The Labute approximate surface area is 115 Å². The number of carbonyl (C=O) groups excluding carboxylic acids is 1. The second-order valence-corrected chi connectivity index (χ2v) is 4.77. The highest BCUT2D eigenvalue weighted by Gasteiger charge is 2.24. The maximum absolute atomic E-state index is 13.6. The molecule has 0 aliphatic heterocycles. The number of halogens is 2. The average molecular weight is 274 g/mol. The molecule has 0 N–H and O–H groups in total. The van der Waals surface area contributed by atoms with E-state index in [1.807, 2.05) is 0 Å². The van der Waals surface area contributed by atoms with Gasteiger partial charge in [-0.15, -0.1) is 0 Å². The molecule has 1 aliphatic rings. The first kappa shape index (κ1) is 12.8. The van der Waals surface area contributed by atoms with Crippen LogP contribution < -0.4 is 4.74 Å². The number of hydrogen-bond donors (Lipinski definition) is 0. The van der Waals surface area contributed by atoms with E-state index in [-0.39, 0.29) is 11.7 Å². The van der Waals surface area contributed by atoms with Gasteiger partial charge >= 0.3 is 0 Å². The Morgan fingerprint density at radius 1 is 1.00 bits per heavy atom. The van der Waals surface area contributed by atoms with Crippen LogP contribution in [0.1, 0.15) is 28.8 Å². The third kappa shape index (κ3) is 2.54. The molecule has 4 heteroatoms. The quantitative estimate of drug-likeness (QED) is 0.794. The van der Waals surface area contributed by atoms with Crippen LogP contribution in [0.25, 0.3) is 0 Å². The SMILES string of the molecule is O=C(c1ccc(OC2CC2)cc1)c1c(F)cccc1F. The second kappa shape index (κ2) is 5.04. The van der Waals surface area contributed by atoms with Crippen molar-refractivity contribution in [2.24, 2.45) is 0 Å². The maximum Gasteiger partial charge on any atom is 0.198 e. The van der Waals surface area contributed by atoms with E-state index in [0.29, 0.717) is 5.75 Å². The van der Waals surface area contributed by atoms with E-state index < -0.39 is 23.0 Å². The fourth-order valence-electron chi connectivity index (χ4n) is 1.92. The molecule has 2 aromatic carbocycles. The van der Waals surface area contributed by atoms with Crippen LogP contribution in [0.15, 0.2) is 42.5 Å². The van der Waals surface area contributed by atoms with Gasteiger partial charge in [-0.1, -0.05) is 6.07 Å². The maximum atomic E-state index is 13.6. The molecular weight excluding hydrogens is 262 g/mol. The van der Waals surface area contributed by atoms with Crippen LogP contribution in [0.5, 0.6) is 5.75 Å². The summed E-state index contributed by atoms with van der Waals surface area (Å²) >= 11 is 0. The Kier molecular flexibility index (Phi) is 3.22. The minimum atomic E-state index is -0.853. The van der Waals surface area contributed by atoms with Crippen molar-refractivity contribution in [2.75, 3.05) is 0 Å². The van der Waals surface area contributed by atoms with E-state index in [4.69, 9.17) is 4.74 Å². The normalized spacial score (nSPS) is 14.1. The summed E-state index contributed by atoms with van der Waals surface area (Å²) in [7, 11) is 0. The number of ketones is 1. The van der Waals surface area contributed by atoms with Gasteiger partial charge in [0.1, 0.15) is 17.4 Å². The zero-order valence-corrected chi connectivity index (χ0v) is 10.6. The number of rotatable bonds is 4. The molecule has 3 rings (SSSR count). The zero-order chi connectivity index (χ0) is 14.1. The third-order valence-electron chi connectivity index (χ3n) is 3.13. The van der Waals surface area contributed by atoms with E-state index >= 15 is 0 Å². The minimum Gasteiger partial charge on any atom is -0.490 e. The molecule has 0 heterocycles. The molecule has 0 bridgehead atoms. The summed E-state index contributed by atoms with van der Waals surface area (Å²) < 4.78 is 32.7. The monoisotopic (exact) mass is 274 g/mol. The summed E-state index contributed by atoms with van der Waals surface area (Å²) in [4.78, 5) is 12.1. The van der Waals surface area contributed by atoms with E-state index in [1.54, 1.807) is 12.1 Å². The standard InChI is InChI=1S/C16H12F2O2/c17-13-2-1-3-14(18)15(13)16(19)10-4-6-11(7-5-10)20-12-8-9-12/h1-7,12H,8-9H2. The lowest BCUT2D eigenvalue weighted by Crippen LogP contribution is -2.07. The van der Waals surface area contributed by atoms with Gasteiger partial charge in [-0.3, -0.25) is 4.79 Å². The van der Waals surface area contributed by atoms with Gasteiger partial charge in [-0.05, 0) is 49.2 Å². The van der Waals surface area contributed by atoms with Gasteiger partial charge in [-0.25, -0.2) is 8.78 Å². The summed E-state index contributed by atoms with van der Waals surface area (Å²) in [6, 6.07) is 9.70. The van der Waals surface area contributed by atoms with Crippen LogP contribution >= 0.6 is 0 Å². The molecule has 102 valence electrons. The molecule has 20 heavy (non-hydrogen) atoms. The molecule has 1 fully saturated rings. The van der Waals surface area contributed by atoms with Crippen molar-refractivity contribution in [3.8, 4) is 5.75 Å². The largest absolute Gasteiger partial charge is 0.490 e. The molecule has 0 saturated heterocycles. The topological polar surface area (TPSA) is 26.3 Å². The second-order valence-electron chi connectivity index (χ2n) is 4.77. The van der Waals surface area contributed by atoms with Crippen molar-refractivity contribution in [3.63, 3.8) is 0 Å². The van der Waals surface area contributed by atoms with Gasteiger partial charge in [0.05, 0.1) is 11.7 Å². The lowest BCUT2D eigenvalue weighted by Gasteiger charge is -2.06. The van der Waals surface area contributed by atoms with Crippen LogP contribution in [0, 0.1) is 11.6 Å². The van der Waals surface area contributed by atoms with E-state index in [9.17, 15) is 13.6 Å². The highest BCUT2D eigenvalue weighted by atomic mass is 19.1. The van der Waals surface area contributed by atoms with Crippen molar-refractivity contribution >= 4 is 5.78 Å². The summed E-state index contributed by atoms with van der Waals surface area (Å²) in [5.74, 6) is -1.71.